The van der Waals surface area contributed by atoms with Crippen LogP contribution in [-0.2, 0) is 0 Å². The third kappa shape index (κ3) is 3.84. The average Bonchev–Trinajstić information content (AvgIpc) is 3.40. The summed E-state index contributed by atoms with van der Waals surface area (Å²) in [5.41, 5.74) is 10.5. The predicted octanol–water partition coefficient (Wildman–Crippen LogP) is 3.90. The molecule has 0 spiro atoms. The van der Waals surface area contributed by atoms with E-state index in [0.29, 0.717) is 17.1 Å². The number of amides is 1. The minimum Gasteiger partial charge on any atom is -0.355 e. The molecule has 168 valence electrons. The summed E-state index contributed by atoms with van der Waals surface area (Å²) in [6.07, 6.45) is 5.97. The Labute approximate surface area is 193 Å². The van der Waals surface area contributed by atoms with Gasteiger partial charge in [0.25, 0.3) is 5.91 Å². The van der Waals surface area contributed by atoms with Crippen LogP contribution in [0.15, 0.2) is 30.5 Å². The third-order valence-corrected chi connectivity index (χ3v) is 7.08. The highest BCUT2D eigenvalue weighted by atomic mass is 35.5. The monoisotopic (exact) mass is 452 g/mol. The molecular formula is C24H29ClN6O. The molecule has 32 heavy (non-hydrogen) atoms. The molecule has 8 heteroatoms. The van der Waals surface area contributed by atoms with Gasteiger partial charge in [-0.3, -0.25) is 4.79 Å². The maximum Gasteiger partial charge on any atom is 0.254 e. The van der Waals surface area contributed by atoms with Crippen LogP contribution in [0.3, 0.4) is 0 Å². The number of hydrogen-bond donors (Lipinski definition) is 1. The SMILES string of the molecule is Cc1ccc(C(=O)N2CCCCC2c2cc3nc(N4CCC(N)C4)c(C)cn3n2)cc1Cl. The lowest BCUT2D eigenvalue weighted by Gasteiger charge is -2.34. The van der Waals surface area contributed by atoms with E-state index in [-0.39, 0.29) is 18.0 Å². The van der Waals surface area contributed by atoms with Crippen LogP contribution in [0.5, 0.6) is 0 Å². The Morgan fingerprint density at radius 1 is 1.12 bits per heavy atom. The molecule has 4 heterocycles. The van der Waals surface area contributed by atoms with Crippen molar-refractivity contribution < 1.29 is 4.79 Å². The van der Waals surface area contributed by atoms with Gasteiger partial charge in [-0.15, -0.1) is 0 Å². The number of carbonyl (C=O) groups is 1. The topological polar surface area (TPSA) is 79.8 Å². The molecular weight excluding hydrogens is 424 g/mol. The first kappa shape index (κ1) is 21.2. The third-order valence-electron chi connectivity index (χ3n) is 6.67. The molecule has 3 aromatic rings. The zero-order valence-corrected chi connectivity index (χ0v) is 19.3. The normalized spacial score (nSPS) is 21.5. The van der Waals surface area contributed by atoms with E-state index in [1.807, 2.05) is 40.7 Å². The van der Waals surface area contributed by atoms with E-state index in [0.717, 1.165) is 67.1 Å². The number of likely N-dealkylation sites (tertiary alicyclic amines) is 1. The summed E-state index contributed by atoms with van der Waals surface area (Å²) in [5.74, 6) is 0.979. The van der Waals surface area contributed by atoms with Gasteiger partial charge >= 0.3 is 0 Å². The van der Waals surface area contributed by atoms with E-state index < -0.39 is 0 Å². The predicted molar refractivity (Wildman–Crippen MR) is 126 cm³/mol. The van der Waals surface area contributed by atoms with E-state index in [4.69, 9.17) is 27.4 Å². The number of aromatic nitrogens is 3. The van der Waals surface area contributed by atoms with Crippen molar-refractivity contribution in [3.8, 4) is 0 Å². The first-order valence-electron chi connectivity index (χ1n) is 11.4. The van der Waals surface area contributed by atoms with E-state index in [2.05, 4.69) is 11.8 Å². The van der Waals surface area contributed by atoms with Crippen LogP contribution >= 0.6 is 11.6 Å². The van der Waals surface area contributed by atoms with Crippen molar-refractivity contribution >= 4 is 29.0 Å². The Morgan fingerprint density at radius 3 is 2.72 bits per heavy atom. The average molecular weight is 453 g/mol. The lowest BCUT2D eigenvalue weighted by atomic mass is 9.98. The molecule has 2 aliphatic heterocycles. The highest BCUT2D eigenvalue weighted by Gasteiger charge is 2.31. The Bertz CT molecular complexity index is 1170. The zero-order chi connectivity index (χ0) is 22.4. The van der Waals surface area contributed by atoms with Gasteiger partial charge in [0.15, 0.2) is 5.65 Å². The van der Waals surface area contributed by atoms with Crippen LogP contribution in [-0.4, -0.2) is 51.1 Å². The molecule has 0 aliphatic carbocycles. The highest BCUT2D eigenvalue weighted by molar-refractivity contribution is 6.31. The molecule has 0 bridgehead atoms. The number of rotatable bonds is 3. The minimum absolute atomic E-state index is 0.00420. The second-order valence-electron chi connectivity index (χ2n) is 9.09. The Balaban J connectivity index is 1.47. The number of halogens is 1. The van der Waals surface area contributed by atoms with Gasteiger partial charge in [-0.1, -0.05) is 17.7 Å². The van der Waals surface area contributed by atoms with E-state index in [1.54, 1.807) is 6.07 Å². The number of benzene rings is 1. The molecule has 5 rings (SSSR count). The lowest BCUT2D eigenvalue weighted by Crippen LogP contribution is -2.38. The minimum atomic E-state index is -0.0676. The van der Waals surface area contributed by atoms with Crippen molar-refractivity contribution in [1.82, 2.24) is 19.5 Å². The fraction of sp³-hybridized carbons (Fsp3) is 0.458. The summed E-state index contributed by atoms with van der Waals surface area (Å²) >= 11 is 6.29. The van der Waals surface area contributed by atoms with E-state index >= 15 is 0 Å². The van der Waals surface area contributed by atoms with Gasteiger partial charge in [0.05, 0.1) is 11.7 Å². The van der Waals surface area contributed by atoms with Crippen LogP contribution < -0.4 is 10.6 Å². The number of hydrogen-bond acceptors (Lipinski definition) is 5. The van der Waals surface area contributed by atoms with E-state index in [1.165, 1.54) is 0 Å². The molecule has 1 aromatic carbocycles. The first-order valence-corrected chi connectivity index (χ1v) is 11.7. The van der Waals surface area contributed by atoms with E-state index in [9.17, 15) is 4.79 Å². The summed E-state index contributed by atoms with van der Waals surface area (Å²) in [7, 11) is 0. The Hall–Kier alpha value is -2.64. The first-order chi connectivity index (χ1) is 15.4. The standard InChI is InChI=1S/C24H29ClN6O/c1-15-6-7-17(11-19(15)25)24(32)30-9-4-3-5-21(30)20-12-22-27-23(16(2)13-31(22)28-20)29-10-8-18(26)14-29/h6-7,11-13,18,21H,3-5,8-10,14,26H2,1-2H3. The Morgan fingerprint density at radius 2 is 1.97 bits per heavy atom. The maximum absolute atomic E-state index is 13.4. The smallest absolute Gasteiger partial charge is 0.254 e. The molecule has 2 unspecified atom stereocenters. The van der Waals surface area contributed by atoms with Gasteiger partial charge in [0.2, 0.25) is 0 Å². The molecule has 2 aromatic heterocycles. The number of nitrogens with zero attached hydrogens (tertiary/aromatic N) is 5. The van der Waals surface area contributed by atoms with Crippen LogP contribution in [0, 0.1) is 13.8 Å². The van der Waals surface area contributed by atoms with Crippen molar-refractivity contribution in [3.05, 3.63) is 57.9 Å². The quantitative estimate of drug-likeness (QED) is 0.651. The van der Waals surface area contributed by atoms with Gasteiger partial charge < -0.3 is 15.5 Å². The van der Waals surface area contributed by atoms with Crippen molar-refractivity contribution in [2.75, 3.05) is 24.5 Å². The number of nitrogens with two attached hydrogens (primary N) is 1. The molecule has 0 radical (unpaired) electrons. The van der Waals surface area contributed by atoms with Crippen LogP contribution in [0.25, 0.3) is 5.65 Å². The molecule has 2 aliphatic rings. The second-order valence-corrected chi connectivity index (χ2v) is 9.50. The number of piperidine rings is 1. The van der Waals surface area contributed by atoms with Gasteiger partial charge in [-0.25, -0.2) is 9.50 Å². The fourth-order valence-corrected chi connectivity index (χ4v) is 5.04. The van der Waals surface area contributed by atoms with Crippen molar-refractivity contribution in [1.29, 1.82) is 0 Å². The maximum atomic E-state index is 13.4. The fourth-order valence-electron chi connectivity index (χ4n) is 4.86. The second kappa shape index (κ2) is 8.37. The van der Waals surface area contributed by atoms with Crippen molar-refractivity contribution in [2.24, 2.45) is 5.73 Å². The van der Waals surface area contributed by atoms with Gasteiger partial charge in [-0.2, -0.15) is 5.10 Å². The Kier molecular flexibility index (Phi) is 5.55. The largest absolute Gasteiger partial charge is 0.355 e. The summed E-state index contributed by atoms with van der Waals surface area (Å²) < 4.78 is 1.84. The van der Waals surface area contributed by atoms with Crippen molar-refractivity contribution in [2.45, 2.75) is 51.6 Å². The summed E-state index contributed by atoms with van der Waals surface area (Å²) in [6, 6.07) is 7.69. The molecule has 1 amide bonds. The van der Waals surface area contributed by atoms with Gasteiger partial charge in [0, 0.05) is 54.1 Å². The van der Waals surface area contributed by atoms with Gasteiger partial charge in [0.1, 0.15) is 5.82 Å². The van der Waals surface area contributed by atoms with Crippen molar-refractivity contribution in [3.63, 3.8) is 0 Å². The molecule has 2 saturated heterocycles. The number of anilines is 1. The number of fused-ring (bicyclic) bond motifs is 1. The molecule has 7 nitrogen and oxygen atoms in total. The lowest BCUT2D eigenvalue weighted by molar-refractivity contribution is 0.0605. The zero-order valence-electron chi connectivity index (χ0n) is 18.6. The van der Waals surface area contributed by atoms with Gasteiger partial charge in [-0.05, 0) is 57.2 Å². The van der Waals surface area contributed by atoms with Crippen LogP contribution in [0.1, 0.15) is 58.9 Å². The molecule has 2 N–H and O–H groups in total. The highest BCUT2D eigenvalue weighted by Crippen LogP contribution is 2.33. The summed E-state index contributed by atoms with van der Waals surface area (Å²) in [4.78, 5) is 22.5. The summed E-state index contributed by atoms with van der Waals surface area (Å²) in [5, 5.41) is 5.45. The van der Waals surface area contributed by atoms with Crippen LogP contribution in [0.2, 0.25) is 5.02 Å². The molecule has 2 atom stereocenters. The molecule has 2 fully saturated rings. The van der Waals surface area contributed by atoms with Crippen LogP contribution in [0.4, 0.5) is 5.82 Å². The number of carbonyl (C=O) groups excluding carboxylic acids is 1. The molecule has 0 saturated carbocycles. The summed E-state index contributed by atoms with van der Waals surface area (Å²) in [6.45, 7) is 6.47. The number of aryl methyl sites for hydroxylation is 2.